The number of rotatable bonds is 4. The van der Waals surface area contributed by atoms with E-state index in [4.69, 9.17) is 19.4 Å². The van der Waals surface area contributed by atoms with Crippen molar-refractivity contribution in [3.63, 3.8) is 0 Å². The quantitative estimate of drug-likeness (QED) is 0.230. The third-order valence-electron chi connectivity index (χ3n) is 7.51. The average Bonchev–Trinajstić information content (AvgIpc) is 3.43. The number of furan rings is 1. The maximum absolute atomic E-state index is 6.16. The summed E-state index contributed by atoms with van der Waals surface area (Å²) in [5.74, 6) is 1.87. The fourth-order valence-corrected chi connectivity index (χ4v) is 5.41. The number of hydrogen-bond donors (Lipinski definition) is 0. The van der Waals surface area contributed by atoms with Crippen LogP contribution in [0.1, 0.15) is 0 Å². The Morgan fingerprint density at radius 2 is 0.854 bits per heavy atom. The van der Waals surface area contributed by atoms with Gasteiger partial charge in [0.1, 0.15) is 11.2 Å². The van der Waals surface area contributed by atoms with Gasteiger partial charge in [0.2, 0.25) is 0 Å². The van der Waals surface area contributed by atoms with Crippen molar-refractivity contribution in [3.8, 4) is 45.3 Å². The molecule has 6 aromatic carbocycles. The lowest BCUT2D eigenvalue weighted by molar-refractivity contribution is 0.669. The standard InChI is InChI=1S/C37H23N3O/c1-3-9-24(10-4-1)26-15-16-28-22-29(18-17-27(28)21-26)36-38-35(25-11-5-2-6-12-25)39-37(40-36)30-19-20-32-31-13-7-8-14-33(31)41-34(32)23-30/h1-23H. The molecule has 2 aromatic heterocycles. The van der Waals surface area contributed by atoms with Crippen molar-refractivity contribution >= 4 is 32.7 Å². The van der Waals surface area contributed by atoms with Gasteiger partial charge in [-0.05, 0) is 52.2 Å². The van der Waals surface area contributed by atoms with Gasteiger partial charge in [-0.15, -0.1) is 0 Å². The second-order valence-corrected chi connectivity index (χ2v) is 10.1. The van der Waals surface area contributed by atoms with E-state index < -0.39 is 0 Å². The second kappa shape index (κ2) is 9.54. The maximum atomic E-state index is 6.16. The van der Waals surface area contributed by atoms with Gasteiger partial charge in [0.05, 0.1) is 0 Å². The SMILES string of the molecule is c1ccc(-c2ccc3cc(-c4nc(-c5ccccc5)nc(-c5ccc6c(c5)oc5ccccc56)n4)ccc3c2)cc1. The third-order valence-corrected chi connectivity index (χ3v) is 7.51. The lowest BCUT2D eigenvalue weighted by Gasteiger charge is -2.10. The van der Waals surface area contributed by atoms with Crippen molar-refractivity contribution in [2.45, 2.75) is 0 Å². The van der Waals surface area contributed by atoms with Crippen LogP contribution in [0.2, 0.25) is 0 Å². The summed E-state index contributed by atoms with van der Waals surface area (Å²) in [5.41, 5.74) is 6.84. The fourth-order valence-electron chi connectivity index (χ4n) is 5.41. The fraction of sp³-hybridized carbons (Fsp3) is 0. The largest absolute Gasteiger partial charge is 0.456 e. The highest BCUT2D eigenvalue weighted by molar-refractivity contribution is 6.05. The van der Waals surface area contributed by atoms with Gasteiger partial charge < -0.3 is 4.42 Å². The van der Waals surface area contributed by atoms with Gasteiger partial charge >= 0.3 is 0 Å². The van der Waals surface area contributed by atoms with Crippen LogP contribution in [-0.4, -0.2) is 15.0 Å². The summed E-state index contributed by atoms with van der Waals surface area (Å²) in [7, 11) is 0. The van der Waals surface area contributed by atoms with Gasteiger partial charge in [-0.25, -0.2) is 15.0 Å². The van der Waals surface area contributed by atoms with Crippen molar-refractivity contribution in [2.24, 2.45) is 0 Å². The topological polar surface area (TPSA) is 51.8 Å². The minimum absolute atomic E-state index is 0.607. The van der Waals surface area contributed by atoms with Gasteiger partial charge in [0, 0.05) is 27.5 Å². The summed E-state index contributed by atoms with van der Waals surface area (Å²) in [6.45, 7) is 0. The van der Waals surface area contributed by atoms with Crippen molar-refractivity contribution in [1.29, 1.82) is 0 Å². The van der Waals surface area contributed by atoms with Gasteiger partial charge in [0.25, 0.3) is 0 Å². The highest BCUT2D eigenvalue weighted by atomic mass is 16.3. The Hall–Kier alpha value is -5.61. The zero-order valence-electron chi connectivity index (χ0n) is 22.0. The summed E-state index contributed by atoms with van der Waals surface area (Å²) in [6.07, 6.45) is 0. The predicted molar refractivity (Wildman–Crippen MR) is 166 cm³/mol. The van der Waals surface area contributed by atoms with Crippen LogP contribution in [0, 0.1) is 0 Å². The van der Waals surface area contributed by atoms with E-state index >= 15 is 0 Å². The van der Waals surface area contributed by atoms with Gasteiger partial charge in [-0.1, -0.05) is 109 Å². The molecule has 192 valence electrons. The molecular weight excluding hydrogens is 502 g/mol. The second-order valence-electron chi connectivity index (χ2n) is 10.1. The first kappa shape index (κ1) is 23.3. The highest BCUT2D eigenvalue weighted by Crippen LogP contribution is 2.33. The molecule has 8 aromatic rings. The Morgan fingerprint density at radius 1 is 0.341 bits per heavy atom. The van der Waals surface area contributed by atoms with Gasteiger partial charge in [-0.3, -0.25) is 0 Å². The van der Waals surface area contributed by atoms with Gasteiger partial charge in [-0.2, -0.15) is 0 Å². The van der Waals surface area contributed by atoms with Crippen LogP contribution in [0.4, 0.5) is 0 Å². The Kier molecular flexibility index (Phi) is 5.42. The molecule has 0 unspecified atom stereocenters. The number of benzene rings is 6. The minimum atomic E-state index is 0.607. The average molecular weight is 526 g/mol. The molecule has 0 saturated carbocycles. The molecule has 0 aliphatic carbocycles. The summed E-state index contributed by atoms with van der Waals surface area (Å²) < 4.78 is 6.16. The molecule has 0 N–H and O–H groups in total. The molecule has 0 aliphatic rings. The van der Waals surface area contributed by atoms with Gasteiger partial charge in [0.15, 0.2) is 17.5 Å². The smallest absolute Gasteiger partial charge is 0.164 e. The Balaban J connectivity index is 1.26. The molecule has 0 fully saturated rings. The normalized spacial score (nSPS) is 11.4. The van der Waals surface area contributed by atoms with E-state index in [1.807, 2.05) is 60.7 Å². The zero-order chi connectivity index (χ0) is 27.2. The molecule has 8 rings (SSSR count). The molecule has 41 heavy (non-hydrogen) atoms. The molecule has 4 nitrogen and oxygen atoms in total. The lowest BCUT2D eigenvalue weighted by Crippen LogP contribution is -2.00. The van der Waals surface area contributed by atoms with Crippen molar-refractivity contribution in [1.82, 2.24) is 15.0 Å². The maximum Gasteiger partial charge on any atom is 0.164 e. The van der Waals surface area contributed by atoms with E-state index in [0.29, 0.717) is 17.5 Å². The summed E-state index contributed by atoms with van der Waals surface area (Å²) in [4.78, 5) is 14.8. The molecule has 2 heterocycles. The molecule has 0 radical (unpaired) electrons. The molecule has 0 spiro atoms. The van der Waals surface area contributed by atoms with Crippen LogP contribution < -0.4 is 0 Å². The highest BCUT2D eigenvalue weighted by Gasteiger charge is 2.15. The summed E-state index contributed by atoms with van der Waals surface area (Å²) in [6, 6.07) is 47.7. The third kappa shape index (κ3) is 4.23. The Labute approximate surface area is 236 Å². The lowest BCUT2D eigenvalue weighted by atomic mass is 10.00. The number of aromatic nitrogens is 3. The van der Waals surface area contributed by atoms with E-state index in [1.54, 1.807) is 0 Å². The first-order valence-corrected chi connectivity index (χ1v) is 13.6. The first-order valence-electron chi connectivity index (χ1n) is 13.6. The predicted octanol–water partition coefficient (Wildman–Crippen LogP) is 9.59. The number of hydrogen-bond acceptors (Lipinski definition) is 4. The van der Waals surface area contributed by atoms with Crippen molar-refractivity contribution in [3.05, 3.63) is 140 Å². The van der Waals surface area contributed by atoms with E-state index in [-0.39, 0.29) is 0 Å². The first-order chi connectivity index (χ1) is 20.3. The number of fused-ring (bicyclic) bond motifs is 4. The Bertz CT molecular complexity index is 2200. The van der Waals surface area contributed by atoms with Crippen molar-refractivity contribution < 1.29 is 4.42 Å². The van der Waals surface area contributed by atoms with Crippen LogP contribution in [0.25, 0.3) is 78.0 Å². The van der Waals surface area contributed by atoms with Crippen LogP contribution in [0.5, 0.6) is 0 Å². The number of nitrogens with zero attached hydrogens (tertiary/aromatic N) is 3. The summed E-state index contributed by atoms with van der Waals surface area (Å²) >= 11 is 0. The van der Waals surface area contributed by atoms with Crippen molar-refractivity contribution in [2.75, 3.05) is 0 Å². The molecule has 0 bridgehead atoms. The van der Waals surface area contributed by atoms with E-state index in [9.17, 15) is 0 Å². The van der Waals surface area contributed by atoms with Crippen LogP contribution >= 0.6 is 0 Å². The zero-order valence-corrected chi connectivity index (χ0v) is 22.0. The molecule has 0 atom stereocenters. The van der Waals surface area contributed by atoms with E-state index in [0.717, 1.165) is 44.0 Å². The summed E-state index contributed by atoms with van der Waals surface area (Å²) in [5, 5.41) is 4.48. The van der Waals surface area contributed by atoms with Crippen LogP contribution in [0.15, 0.2) is 144 Å². The molecule has 0 amide bonds. The van der Waals surface area contributed by atoms with E-state index in [2.05, 4.69) is 78.9 Å². The van der Waals surface area contributed by atoms with E-state index in [1.165, 1.54) is 16.5 Å². The number of para-hydroxylation sites is 1. The molecule has 0 saturated heterocycles. The molecule has 4 heteroatoms. The molecule has 0 aliphatic heterocycles. The molecular formula is C37H23N3O. The monoisotopic (exact) mass is 525 g/mol. The van der Waals surface area contributed by atoms with Crippen LogP contribution in [-0.2, 0) is 0 Å². The minimum Gasteiger partial charge on any atom is -0.456 e. The Morgan fingerprint density at radius 3 is 1.59 bits per heavy atom. The van der Waals surface area contributed by atoms with Crippen LogP contribution in [0.3, 0.4) is 0 Å².